The summed E-state index contributed by atoms with van der Waals surface area (Å²) in [7, 11) is 0. The smallest absolute Gasteiger partial charge is 0.100 e. The van der Waals surface area contributed by atoms with Crippen LogP contribution in [0.5, 0.6) is 0 Å². The summed E-state index contributed by atoms with van der Waals surface area (Å²) in [5.41, 5.74) is 1.30. The molecule has 16 heavy (non-hydrogen) atoms. The summed E-state index contributed by atoms with van der Waals surface area (Å²) in [4.78, 5) is 4.67. The lowest BCUT2D eigenvalue weighted by atomic mass is 9.81. The van der Waals surface area contributed by atoms with Crippen molar-refractivity contribution in [2.45, 2.75) is 12.1 Å². The molecule has 0 aromatic carbocycles. The third-order valence-corrected chi connectivity index (χ3v) is 4.01. The molecular formula is C12H10Br2N2. The average molecular weight is 342 g/mol. The molecule has 0 aromatic rings. The van der Waals surface area contributed by atoms with Gasteiger partial charge in [0.15, 0.2) is 0 Å². The van der Waals surface area contributed by atoms with Gasteiger partial charge >= 0.3 is 0 Å². The van der Waals surface area contributed by atoms with Gasteiger partial charge in [0.05, 0.1) is 16.7 Å². The number of aliphatic imine (C=N–C) groups is 1. The molecule has 2 aliphatic heterocycles. The molecule has 4 heteroatoms. The van der Waals surface area contributed by atoms with E-state index in [4.69, 9.17) is 0 Å². The van der Waals surface area contributed by atoms with Crippen molar-refractivity contribution in [1.29, 1.82) is 0 Å². The number of dihydropyridines is 2. The fourth-order valence-corrected chi connectivity index (χ4v) is 3.04. The standard InChI is InChI=1S/C12H10Br2N2/c13-9-5-3-7-1-2-8-4-6-10(14)16-12(8)11(7)15-9/h1-7,11-12,16H. The monoisotopic (exact) mass is 340 g/mol. The second-order valence-corrected chi connectivity index (χ2v) is 5.71. The highest BCUT2D eigenvalue weighted by molar-refractivity contribution is 9.18. The van der Waals surface area contributed by atoms with Crippen LogP contribution in [-0.4, -0.2) is 16.7 Å². The molecule has 2 nitrogen and oxygen atoms in total. The number of allylic oxidation sites excluding steroid dienone is 3. The van der Waals surface area contributed by atoms with E-state index in [1.807, 2.05) is 12.2 Å². The van der Waals surface area contributed by atoms with Crippen LogP contribution < -0.4 is 5.32 Å². The maximum atomic E-state index is 4.67. The van der Waals surface area contributed by atoms with E-state index < -0.39 is 0 Å². The molecule has 0 saturated carbocycles. The first-order valence-electron chi connectivity index (χ1n) is 5.18. The van der Waals surface area contributed by atoms with Crippen molar-refractivity contribution in [1.82, 2.24) is 5.32 Å². The van der Waals surface area contributed by atoms with E-state index in [0.29, 0.717) is 5.92 Å². The van der Waals surface area contributed by atoms with Crippen molar-refractivity contribution < 1.29 is 0 Å². The van der Waals surface area contributed by atoms with E-state index in [2.05, 4.69) is 66.5 Å². The minimum Gasteiger partial charge on any atom is -0.370 e. The Balaban J connectivity index is 2.00. The summed E-state index contributed by atoms with van der Waals surface area (Å²) in [6.07, 6.45) is 12.8. The second kappa shape index (κ2) is 4.00. The van der Waals surface area contributed by atoms with Gasteiger partial charge in [-0.05, 0) is 49.6 Å². The topological polar surface area (TPSA) is 24.4 Å². The summed E-state index contributed by atoms with van der Waals surface area (Å²) >= 11 is 6.93. The zero-order valence-corrected chi connectivity index (χ0v) is 11.6. The van der Waals surface area contributed by atoms with E-state index in [-0.39, 0.29) is 12.1 Å². The van der Waals surface area contributed by atoms with Gasteiger partial charge < -0.3 is 5.32 Å². The van der Waals surface area contributed by atoms with Crippen LogP contribution >= 0.6 is 31.9 Å². The van der Waals surface area contributed by atoms with Crippen molar-refractivity contribution in [2.75, 3.05) is 0 Å². The fourth-order valence-electron chi connectivity index (χ4n) is 2.27. The fraction of sp³-hybridized carbons (Fsp3) is 0.250. The van der Waals surface area contributed by atoms with Gasteiger partial charge in [0, 0.05) is 5.92 Å². The van der Waals surface area contributed by atoms with Crippen molar-refractivity contribution >= 4 is 36.5 Å². The highest BCUT2D eigenvalue weighted by Gasteiger charge is 2.34. The Labute approximate surface area is 111 Å². The summed E-state index contributed by atoms with van der Waals surface area (Å²) < 4.78 is 1.95. The van der Waals surface area contributed by atoms with Gasteiger partial charge in [-0.1, -0.05) is 24.3 Å². The van der Waals surface area contributed by atoms with Crippen LogP contribution in [0.15, 0.2) is 51.6 Å². The van der Waals surface area contributed by atoms with Crippen LogP contribution in [0.2, 0.25) is 0 Å². The lowest BCUT2D eigenvalue weighted by molar-refractivity contribution is 0.460. The molecule has 0 saturated heterocycles. The van der Waals surface area contributed by atoms with Crippen LogP contribution in [0, 0.1) is 5.92 Å². The molecule has 3 aliphatic rings. The second-order valence-electron chi connectivity index (χ2n) is 4.04. The van der Waals surface area contributed by atoms with Gasteiger partial charge in [0.25, 0.3) is 0 Å². The molecule has 0 amide bonds. The predicted molar refractivity (Wildman–Crippen MR) is 73.9 cm³/mol. The molecule has 0 spiro atoms. The normalized spacial score (nSPS) is 35.4. The molecule has 1 N–H and O–H groups in total. The van der Waals surface area contributed by atoms with E-state index in [9.17, 15) is 0 Å². The maximum Gasteiger partial charge on any atom is 0.100 e. The third kappa shape index (κ3) is 1.74. The van der Waals surface area contributed by atoms with Gasteiger partial charge in [-0.2, -0.15) is 0 Å². The molecule has 82 valence electrons. The lowest BCUT2D eigenvalue weighted by Crippen LogP contribution is -2.46. The third-order valence-electron chi connectivity index (χ3n) is 3.05. The van der Waals surface area contributed by atoms with Gasteiger partial charge in [-0.25, -0.2) is 0 Å². The quantitative estimate of drug-likeness (QED) is 0.673. The number of hydrogen-bond donors (Lipinski definition) is 1. The number of halogens is 2. The summed E-state index contributed by atoms with van der Waals surface area (Å²) in [6.45, 7) is 0. The van der Waals surface area contributed by atoms with Crippen LogP contribution in [-0.2, 0) is 0 Å². The number of rotatable bonds is 0. The zero-order valence-electron chi connectivity index (χ0n) is 8.40. The van der Waals surface area contributed by atoms with E-state index >= 15 is 0 Å². The molecule has 0 aromatic heterocycles. The maximum absolute atomic E-state index is 4.67. The van der Waals surface area contributed by atoms with Crippen molar-refractivity contribution in [3.63, 3.8) is 0 Å². The Morgan fingerprint density at radius 2 is 1.94 bits per heavy atom. The van der Waals surface area contributed by atoms with Crippen molar-refractivity contribution in [2.24, 2.45) is 10.9 Å². The molecule has 2 heterocycles. The lowest BCUT2D eigenvalue weighted by Gasteiger charge is -2.36. The number of hydrogen-bond acceptors (Lipinski definition) is 2. The summed E-state index contributed by atoms with van der Waals surface area (Å²) in [5, 5.41) is 3.43. The zero-order chi connectivity index (χ0) is 11.1. The Hall–Kier alpha value is -0.610. The molecule has 0 radical (unpaired) electrons. The minimum absolute atomic E-state index is 0.247. The SMILES string of the molecule is BrC1=CC=C2C=CC3C=CC(Br)=NC3C2N1. The van der Waals surface area contributed by atoms with E-state index in [0.717, 1.165) is 9.23 Å². The molecule has 3 atom stereocenters. The van der Waals surface area contributed by atoms with Gasteiger partial charge in [-0.15, -0.1) is 0 Å². The van der Waals surface area contributed by atoms with E-state index in [1.165, 1.54) is 5.57 Å². The summed E-state index contributed by atoms with van der Waals surface area (Å²) in [5.74, 6) is 0.398. The Kier molecular flexibility index (Phi) is 2.64. The summed E-state index contributed by atoms with van der Waals surface area (Å²) in [6, 6.07) is 0.517. The number of fused-ring (bicyclic) bond motifs is 3. The van der Waals surface area contributed by atoms with Crippen molar-refractivity contribution in [3.8, 4) is 0 Å². The van der Waals surface area contributed by atoms with E-state index in [1.54, 1.807) is 0 Å². The molecule has 0 fully saturated rings. The highest BCUT2D eigenvalue weighted by Crippen LogP contribution is 2.32. The highest BCUT2D eigenvalue weighted by atomic mass is 79.9. The molecule has 3 unspecified atom stereocenters. The number of nitrogens with one attached hydrogen (secondary N) is 1. The Bertz CT molecular complexity index is 471. The first-order valence-corrected chi connectivity index (χ1v) is 6.76. The van der Waals surface area contributed by atoms with Gasteiger partial charge in [0.1, 0.15) is 4.62 Å². The van der Waals surface area contributed by atoms with Crippen LogP contribution in [0.25, 0.3) is 0 Å². The molecule has 1 aliphatic carbocycles. The predicted octanol–water partition coefficient (Wildman–Crippen LogP) is 3.04. The van der Waals surface area contributed by atoms with Crippen LogP contribution in [0.1, 0.15) is 0 Å². The van der Waals surface area contributed by atoms with Crippen LogP contribution in [0.4, 0.5) is 0 Å². The Morgan fingerprint density at radius 3 is 2.81 bits per heavy atom. The molecule has 3 rings (SSSR count). The Morgan fingerprint density at radius 1 is 1.12 bits per heavy atom. The van der Waals surface area contributed by atoms with Gasteiger partial charge in [0.2, 0.25) is 0 Å². The van der Waals surface area contributed by atoms with Crippen molar-refractivity contribution in [3.05, 3.63) is 46.6 Å². The van der Waals surface area contributed by atoms with Gasteiger partial charge in [-0.3, -0.25) is 4.99 Å². The molecule has 0 bridgehead atoms. The average Bonchev–Trinajstić information content (AvgIpc) is 2.29. The first-order chi connectivity index (χ1) is 7.74. The van der Waals surface area contributed by atoms with Crippen LogP contribution in [0.3, 0.4) is 0 Å². The first kappa shape index (κ1) is 10.5. The largest absolute Gasteiger partial charge is 0.370 e. The number of nitrogens with zero attached hydrogens (tertiary/aromatic N) is 1. The minimum atomic E-state index is 0.247. The molecular weight excluding hydrogens is 332 g/mol.